The van der Waals surface area contributed by atoms with Crippen LogP contribution >= 0.6 is 34.8 Å². The van der Waals surface area contributed by atoms with E-state index in [9.17, 15) is 0 Å². The van der Waals surface area contributed by atoms with E-state index in [1.165, 1.54) is 11.1 Å². The SMILES string of the molecule is NN1C(=S)CCc2cc(-c3cccnc3)cc(I)c21. The molecule has 0 spiro atoms. The fraction of sp³-hybridized carbons (Fsp3) is 0.143. The smallest absolute Gasteiger partial charge is 0.0978 e. The summed E-state index contributed by atoms with van der Waals surface area (Å²) in [6, 6.07) is 8.34. The molecular weight excluding hydrogens is 369 g/mol. The van der Waals surface area contributed by atoms with Gasteiger partial charge in [-0.2, -0.15) is 0 Å². The number of pyridine rings is 1. The van der Waals surface area contributed by atoms with Crippen molar-refractivity contribution in [2.24, 2.45) is 5.84 Å². The van der Waals surface area contributed by atoms with Crippen LogP contribution in [0.4, 0.5) is 5.69 Å². The van der Waals surface area contributed by atoms with Gasteiger partial charge in [0.25, 0.3) is 0 Å². The van der Waals surface area contributed by atoms with Crippen molar-refractivity contribution in [3.63, 3.8) is 0 Å². The van der Waals surface area contributed by atoms with Crippen molar-refractivity contribution < 1.29 is 0 Å². The van der Waals surface area contributed by atoms with Crippen molar-refractivity contribution in [1.29, 1.82) is 0 Å². The van der Waals surface area contributed by atoms with Crippen LogP contribution in [0.15, 0.2) is 36.7 Å². The first-order chi connectivity index (χ1) is 9.16. The molecular formula is C14H12IN3S. The number of nitrogens with two attached hydrogens (primary N) is 1. The molecule has 2 aromatic rings. The molecule has 0 amide bonds. The van der Waals surface area contributed by atoms with Gasteiger partial charge >= 0.3 is 0 Å². The average Bonchev–Trinajstić information content (AvgIpc) is 2.43. The molecule has 1 aliphatic heterocycles. The van der Waals surface area contributed by atoms with Crippen LogP contribution < -0.4 is 10.9 Å². The number of rotatable bonds is 1. The van der Waals surface area contributed by atoms with Crippen molar-refractivity contribution in [2.45, 2.75) is 12.8 Å². The van der Waals surface area contributed by atoms with Gasteiger partial charge in [-0.1, -0.05) is 18.3 Å². The number of hydrogen-bond acceptors (Lipinski definition) is 3. The number of hydrazine groups is 1. The Morgan fingerprint density at radius 1 is 1.26 bits per heavy atom. The number of aromatic nitrogens is 1. The third kappa shape index (κ3) is 2.37. The van der Waals surface area contributed by atoms with E-state index in [1.54, 1.807) is 11.2 Å². The van der Waals surface area contributed by atoms with Crippen molar-refractivity contribution >= 4 is 45.5 Å². The molecule has 0 saturated carbocycles. The third-order valence-electron chi connectivity index (χ3n) is 3.26. The minimum absolute atomic E-state index is 0.805. The highest BCUT2D eigenvalue weighted by molar-refractivity contribution is 14.1. The summed E-state index contributed by atoms with van der Waals surface area (Å²) in [5.41, 5.74) is 4.60. The minimum atomic E-state index is 0.805. The summed E-state index contributed by atoms with van der Waals surface area (Å²) in [5.74, 6) is 6.05. The molecule has 2 heterocycles. The summed E-state index contributed by atoms with van der Waals surface area (Å²) in [7, 11) is 0. The van der Waals surface area contributed by atoms with Gasteiger partial charge < -0.3 is 0 Å². The van der Waals surface area contributed by atoms with Gasteiger partial charge in [0.2, 0.25) is 0 Å². The van der Waals surface area contributed by atoms with Gasteiger partial charge in [0.15, 0.2) is 0 Å². The van der Waals surface area contributed by atoms with Gasteiger partial charge in [0, 0.05) is 27.9 Å². The van der Waals surface area contributed by atoms with Crippen molar-refractivity contribution in [1.82, 2.24) is 4.98 Å². The number of anilines is 1. The lowest BCUT2D eigenvalue weighted by atomic mass is 9.97. The maximum absolute atomic E-state index is 6.05. The van der Waals surface area contributed by atoms with Crippen LogP contribution in [0.25, 0.3) is 11.1 Å². The molecule has 2 N–H and O–H groups in total. The highest BCUT2D eigenvalue weighted by atomic mass is 127. The quantitative estimate of drug-likeness (QED) is 0.468. The molecule has 19 heavy (non-hydrogen) atoms. The van der Waals surface area contributed by atoms with Gasteiger partial charge in [-0.05, 0) is 58.3 Å². The lowest BCUT2D eigenvalue weighted by Gasteiger charge is -2.29. The molecule has 3 nitrogen and oxygen atoms in total. The molecule has 0 fully saturated rings. The number of hydrogen-bond donors (Lipinski definition) is 1. The van der Waals surface area contributed by atoms with E-state index in [0.717, 1.165) is 32.7 Å². The topological polar surface area (TPSA) is 42.1 Å². The Labute approximate surface area is 130 Å². The molecule has 0 aliphatic carbocycles. The molecule has 0 atom stereocenters. The second-order valence-corrected chi connectivity index (χ2v) is 6.10. The van der Waals surface area contributed by atoms with E-state index in [1.807, 2.05) is 12.3 Å². The van der Waals surface area contributed by atoms with E-state index < -0.39 is 0 Å². The zero-order valence-corrected chi connectivity index (χ0v) is 13.1. The Bertz CT molecular complexity index is 643. The van der Waals surface area contributed by atoms with E-state index in [2.05, 4.69) is 45.8 Å². The molecule has 1 aromatic carbocycles. The van der Waals surface area contributed by atoms with Gasteiger partial charge in [-0.15, -0.1) is 0 Å². The molecule has 1 aliphatic rings. The third-order valence-corrected chi connectivity index (χ3v) is 4.48. The number of thiocarbonyl (C=S) groups is 1. The number of nitrogens with zero attached hydrogens (tertiary/aromatic N) is 2. The van der Waals surface area contributed by atoms with Crippen molar-refractivity contribution in [3.8, 4) is 11.1 Å². The molecule has 3 rings (SSSR count). The summed E-state index contributed by atoms with van der Waals surface area (Å²) in [4.78, 5) is 4.98. The predicted octanol–water partition coefficient (Wildman–Crippen LogP) is 3.31. The Morgan fingerprint density at radius 3 is 2.84 bits per heavy atom. The molecule has 0 bridgehead atoms. The summed E-state index contributed by atoms with van der Waals surface area (Å²) >= 11 is 7.60. The monoisotopic (exact) mass is 381 g/mol. The number of aryl methyl sites for hydroxylation is 1. The Morgan fingerprint density at radius 2 is 2.11 bits per heavy atom. The largest absolute Gasteiger partial charge is 0.272 e. The lowest BCUT2D eigenvalue weighted by Crippen LogP contribution is -2.40. The fourth-order valence-electron chi connectivity index (χ4n) is 2.30. The number of halogens is 1. The maximum atomic E-state index is 6.05. The average molecular weight is 381 g/mol. The first kappa shape index (κ1) is 13.0. The molecule has 0 unspecified atom stereocenters. The fourth-order valence-corrected chi connectivity index (χ4v) is 3.44. The van der Waals surface area contributed by atoms with Crippen LogP contribution in [-0.4, -0.2) is 9.97 Å². The van der Waals surface area contributed by atoms with E-state index in [4.69, 9.17) is 18.1 Å². The molecule has 0 radical (unpaired) electrons. The summed E-state index contributed by atoms with van der Waals surface area (Å²) in [6.45, 7) is 0. The van der Waals surface area contributed by atoms with Gasteiger partial charge in [-0.3, -0.25) is 9.99 Å². The van der Waals surface area contributed by atoms with Crippen LogP contribution in [0.2, 0.25) is 0 Å². The molecule has 1 aromatic heterocycles. The normalized spacial score (nSPS) is 14.4. The maximum Gasteiger partial charge on any atom is 0.0978 e. The Balaban J connectivity index is 2.13. The van der Waals surface area contributed by atoms with Crippen LogP contribution in [0, 0.1) is 3.57 Å². The highest BCUT2D eigenvalue weighted by Gasteiger charge is 2.22. The van der Waals surface area contributed by atoms with Gasteiger partial charge in [0.05, 0.1) is 10.7 Å². The zero-order valence-electron chi connectivity index (χ0n) is 10.1. The summed E-state index contributed by atoms with van der Waals surface area (Å²) in [5, 5.41) is 1.64. The van der Waals surface area contributed by atoms with Crippen molar-refractivity contribution in [3.05, 3.63) is 45.8 Å². The molecule has 96 valence electrons. The molecule has 5 heteroatoms. The van der Waals surface area contributed by atoms with Crippen LogP contribution in [-0.2, 0) is 6.42 Å². The Kier molecular flexibility index (Phi) is 3.51. The first-order valence-corrected chi connectivity index (χ1v) is 7.46. The zero-order chi connectivity index (χ0) is 13.4. The van der Waals surface area contributed by atoms with E-state index in [-0.39, 0.29) is 0 Å². The lowest BCUT2D eigenvalue weighted by molar-refractivity contribution is 0.942. The van der Waals surface area contributed by atoms with Crippen LogP contribution in [0.1, 0.15) is 12.0 Å². The second kappa shape index (κ2) is 5.15. The van der Waals surface area contributed by atoms with E-state index in [0.29, 0.717) is 0 Å². The molecule has 0 saturated heterocycles. The van der Waals surface area contributed by atoms with Crippen LogP contribution in [0.3, 0.4) is 0 Å². The van der Waals surface area contributed by atoms with Gasteiger partial charge in [-0.25, -0.2) is 5.84 Å². The highest BCUT2D eigenvalue weighted by Crippen LogP contribution is 2.35. The van der Waals surface area contributed by atoms with E-state index >= 15 is 0 Å². The van der Waals surface area contributed by atoms with Gasteiger partial charge in [0.1, 0.15) is 0 Å². The Hall–Kier alpha value is -1.05. The standard InChI is InChI=1S/C14H12IN3S/c15-12-7-11(10-2-1-5-17-8-10)6-9-3-4-13(19)18(16)14(9)12/h1-2,5-8H,3-4,16H2. The van der Waals surface area contributed by atoms with Crippen LogP contribution in [0.5, 0.6) is 0 Å². The number of benzene rings is 1. The van der Waals surface area contributed by atoms with Crippen molar-refractivity contribution in [2.75, 3.05) is 5.01 Å². The predicted molar refractivity (Wildman–Crippen MR) is 90.0 cm³/mol. The minimum Gasteiger partial charge on any atom is -0.272 e. The first-order valence-electron chi connectivity index (χ1n) is 5.97. The second-order valence-electron chi connectivity index (χ2n) is 4.47. The summed E-state index contributed by atoms with van der Waals surface area (Å²) < 4.78 is 1.12. The number of fused-ring (bicyclic) bond motifs is 1. The summed E-state index contributed by atoms with van der Waals surface area (Å²) in [6.07, 6.45) is 5.45.